The molecule has 0 unspecified atom stereocenters. The molecular weight excluding hydrogens is 452 g/mol. The summed E-state index contributed by atoms with van der Waals surface area (Å²) >= 11 is 1.75. The number of anilines is 1. The van der Waals surface area contributed by atoms with Crippen LogP contribution < -0.4 is 10.6 Å². The molecule has 188 valence electrons. The van der Waals surface area contributed by atoms with Gasteiger partial charge in [-0.1, -0.05) is 77.9 Å². The number of rotatable bonds is 8. The average Bonchev–Trinajstić information content (AvgIpc) is 3.29. The highest BCUT2D eigenvalue weighted by molar-refractivity contribution is 7.09. The van der Waals surface area contributed by atoms with Crippen LogP contribution in [0.25, 0.3) is 0 Å². The van der Waals surface area contributed by atoms with E-state index in [1.807, 2.05) is 18.2 Å². The van der Waals surface area contributed by atoms with Crippen molar-refractivity contribution >= 4 is 23.1 Å². The van der Waals surface area contributed by atoms with E-state index < -0.39 is 0 Å². The molecule has 3 N–H and O–H groups in total. The highest BCUT2D eigenvalue weighted by atomic mass is 32.1. The highest BCUT2D eigenvalue weighted by Crippen LogP contribution is 2.40. The van der Waals surface area contributed by atoms with Gasteiger partial charge in [0.1, 0.15) is 5.75 Å². The van der Waals surface area contributed by atoms with E-state index in [0.717, 1.165) is 48.1 Å². The lowest BCUT2D eigenvalue weighted by Gasteiger charge is -2.28. The second-order valence-corrected chi connectivity index (χ2v) is 12.3. The summed E-state index contributed by atoms with van der Waals surface area (Å²) in [5.74, 6) is 0.409. The molecule has 35 heavy (non-hydrogen) atoms. The quantitative estimate of drug-likeness (QED) is 0.284. The van der Waals surface area contributed by atoms with Crippen molar-refractivity contribution in [3.05, 3.63) is 81.0 Å². The van der Waals surface area contributed by atoms with Crippen LogP contribution in [0.15, 0.2) is 53.9 Å². The number of aryl methyl sites for hydroxylation is 3. The Labute approximate surface area is 214 Å². The minimum Gasteiger partial charge on any atom is -0.507 e. The van der Waals surface area contributed by atoms with E-state index >= 15 is 0 Å². The Hall–Kier alpha value is -2.79. The molecule has 0 atom stereocenters. The maximum Gasteiger partial charge on any atom is 0.319 e. The van der Waals surface area contributed by atoms with Gasteiger partial charge in [-0.25, -0.2) is 4.79 Å². The van der Waals surface area contributed by atoms with Gasteiger partial charge in [0.05, 0.1) is 0 Å². The fourth-order valence-electron chi connectivity index (χ4n) is 4.21. The molecule has 3 aromatic rings. The van der Waals surface area contributed by atoms with Gasteiger partial charge in [0.15, 0.2) is 0 Å². The van der Waals surface area contributed by atoms with E-state index in [2.05, 4.69) is 87.9 Å². The molecule has 1 aromatic heterocycles. The first-order valence-corrected chi connectivity index (χ1v) is 13.3. The number of hydrogen-bond donors (Lipinski definition) is 3. The van der Waals surface area contributed by atoms with Crippen LogP contribution in [0.4, 0.5) is 10.5 Å². The molecule has 0 aliphatic carbocycles. The Balaban J connectivity index is 1.67. The Morgan fingerprint density at radius 1 is 0.886 bits per heavy atom. The Morgan fingerprint density at radius 2 is 1.54 bits per heavy atom. The lowest BCUT2D eigenvalue weighted by molar-refractivity contribution is 0.252. The number of carbonyl (C=O) groups excluding carboxylic acids is 1. The first-order chi connectivity index (χ1) is 16.4. The number of benzene rings is 2. The fourth-order valence-corrected chi connectivity index (χ4v) is 4.96. The molecule has 0 spiro atoms. The van der Waals surface area contributed by atoms with E-state index in [-0.39, 0.29) is 16.9 Å². The van der Waals surface area contributed by atoms with E-state index in [9.17, 15) is 9.90 Å². The number of urea groups is 1. The number of hydrogen-bond acceptors (Lipinski definition) is 3. The van der Waals surface area contributed by atoms with Crippen LogP contribution in [0.2, 0.25) is 0 Å². The topological polar surface area (TPSA) is 61.4 Å². The molecule has 0 radical (unpaired) electrons. The Bertz CT molecular complexity index is 1090. The zero-order valence-electron chi connectivity index (χ0n) is 22.0. The standard InChI is InChI=1S/C30H40N2O2S/c1-29(2,3)24-19-21(20-25(27(24)33)30(4,5)6)15-16-22-11-7-8-14-26(22)32-28(34)31-17-9-12-23-13-10-18-35-23/h7-8,10-11,13-14,18-20,33H,9,12,15-17H2,1-6H3,(H2,31,32,34). The number of thiophene rings is 1. The molecule has 4 nitrogen and oxygen atoms in total. The SMILES string of the molecule is CC(C)(C)c1cc(CCc2ccccc2NC(=O)NCCCc2cccs2)cc(C(C)(C)C)c1O. The van der Waals surface area contributed by atoms with Gasteiger partial charge in [-0.2, -0.15) is 0 Å². The predicted octanol–water partition coefficient (Wildman–Crippen LogP) is 7.59. The van der Waals surface area contributed by atoms with E-state index in [0.29, 0.717) is 12.3 Å². The van der Waals surface area contributed by atoms with Crippen LogP contribution in [0.1, 0.15) is 75.1 Å². The van der Waals surface area contributed by atoms with Crippen LogP contribution in [0.5, 0.6) is 5.75 Å². The van der Waals surface area contributed by atoms with Crippen LogP contribution in [0.3, 0.4) is 0 Å². The summed E-state index contributed by atoms with van der Waals surface area (Å²) < 4.78 is 0. The summed E-state index contributed by atoms with van der Waals surface area (Å²) in [6.07, 6.45) is 3.53. The summed E-state index contributed by atoms with van der Waals surface area (Å²) in [5.41, 5.74) is 4.80. The van der Waals surface area contributed by atoms with Crippen molar-refractivity contribution in [1.29, 1.82) is 0 Å². The number of carbonyl (C=O) groups is 1. The Kier molecular flexibility index (Phi) is 8.65. The summed E-state index contributed by atoms with van der Waals surface area (Å²) in [6.45, 7) is 13.5. The van der Waals surface area contributed by atoms with Gasteiger partial charge in [0.2, 0.25) is 0 Å². The van der Waals surface area contributed by atoms with Gasteiger partial charge in [0, 0.05) is 17.1 Å². The second kappa shape index (κ2) is 11.3. The smallest absolute Gasteiger partial charge is 0.319 e. The first-order valence-electron chi connectivity index (χ1n) is 12.5. The lowest BCUT2D eigenvalue weighted by Crippen LogP contribution is -2.30. The summed E-state index contributed by atoms with van der Waals surface area (Å²) in [5, 5.41) is 19.1. The minimum atomic E-state index is -0.168. The maximum absolute atomic E-state index is 12.5. The van der Waals surface area contributed by atoms with Gasteiger partial charge < -0.3 is 15.7 Å². The summed E-state index contributed by atoms with van der Waals surface area (Å²) in [7, 11) is 0. The van der Waals surface area contributed by atoms with Crippen LogP contribution in [-0.4, -0.2) is 17.7 Å². The fraction of sp³-hybridized carbons (Fsp3) is 0.433. The summed E-state index contributed by atoms with van der Waals surface area (Å²) in [6, 6.07) is 16.3. The van der Waals surface area contributed by atoms with Crippen molar-refractivity contribution in [3.8, 4) is 5.75 Å². The molecule has 0 aliphatic heterocycles. The third-order valence-corrected chi connectivity index (χ3v) is 7.14. The predicted molar refractivity (Wildman–Crippen MR) is 149 cm³/mol. The largest absolute Gasteiger partial charge is 0.507 e. The minimum absolute atomic E-state index is 0.152. The molecule has 0 aliphatic rings. The molecule has 3 rings (SSSR count). The van der Waals surface area contributed by atoms with E-state index in [1.54, 1.807) is 11.3 Å². The molecular formula is C30H40N2O2S. The van der Waals surface area contributed by atoms with Gasteiger partial charge in [-0.05, 0) is 76.3 Å². The second-order valence-electron chi connectivity index (χ2n) is 11.3. The number of phenols is 1. The van der Waals surface area contributed by atoms with Gasteiger partial charge >= 0.3 is 6.03 Å². The van der Waals surface area contributed by atoms with Crippen molar-refractivity contribution in [2.75, 3.05) is 11.9 Å². The first kappa shape index (κ1) is 26.8. The normalized spacial score (nSPS) is 11.9. The zero-order chi connectivity index (χ0) is 25.6. The third-order valence-electron chi connectivity index (χ3n) is 6.20. The van der Waals surface area contributed by atoms with Crippen LogP contribution in [0, 0.1) is 0 Å². The van der Waals surface area contributed by atoms with Crippen molar-refractivity contribution < 1.29 is 9.90 Å². The van der Waals surface area contributed by atoms with Crippen LogP contribution >= 0.6 is 11.3 Å². The number of amides is 2. The maximum atomic E-state index is 12.5. The third kappa shape index (κ3) is 7.60. The molecule has 0 bridgehead atoms. The van der Waals surface area contributed by atoms with Crippen molar-refractivity contribution in [1.82, 2.24) is 5.32 Å². The molecule has 2 amide bonds. The van der Waals surface area contributed by atoms with Crippen molar-refractivity contribution in [2.24, 2.45) is 0 Å². The molecule has 1 heterocycles. The van der Waals surface area contributed by atoms with Crippen molar-refractivity contribution in [2.45, 2.75) is 78.1 Å². The van der Waals surface area contributed by atoms with E-state index in [1.165, 1.54) is 10.4 Å². The number of para-hydroxylation sites is 1. The summed E-state index contributed by atoms with van der Waals surface area (Å²) in [4.78, 5) is 13.8. The molecule has 0 saturated heterocycles. The molecule has 5 heteroatoms. The van der Waals surface area contributed by atoms with E-state index in [4.69, 9.17) is 0 Å². The number of aromatic hydroxyl groups is 1. The monoisotopic (exact) mass is 492 g/mol. The number of phenolic OH excluding ortho intramolecular Hbond substituents is 1. The van der Waals surface area contributed by atoms with Crippen LogP contribution in [-0.2, 0) is 30.1 Å². The molecule has 0 saturated carbocycles. The molecule has 2 aromatic carbocycles. The Morgan fingerprint density at radius 3 is 2.14 bits per heavy atom. The van der Waals surface area contributed by atoms with Crippen molar-refractivity contribution in [3.63, 3.8) is 0 Å². The average molecular weight is 493 g/mol. The highest BCUT2D eigenvalue weighted by Gasteiger charge is 2.26. The molecule has 0 fully saturated rings. The number of nitrogens with one attached hydrogen (secondary N) is 2. The van der Waals surface area contributed by atoms with Gasteiger partial charge in [-0.3, -0.25) is 0 Å². The lowest BCUT2D eigenvalue weighted by atomic mass is 9.78. The van der Waals surface area contributed by atoms with Gasteiger partial charge in [0.25, 0.3) is 0 Å². The van der Waals surface area contributed by atoms with Gasteiger partial charge in [-0.15, -0.1) is 11.3 Å². The zero-order valence-corrected chi connectivity index (χ0v) is 22.8.